The first-order valence-electron chi connectivity index (χ1n) is 10.4. The molecule has 1 fully saturated rings. The van der Waals surface area contributed by atoms with E-state index in [0.717, 1.165) is 40.2 Å². The second-order valence-electron chi connectivity index (χ2n) is 7.97. The first-order valence-corrected chi connectivity index (χ1v) is 11.2. The molecule has 0 aliphatic carbocycles. The third-order valence-corrected chi connectivity index (χ3v) is 6.73. The zero-order chi connectivity index (χ0) is 21.1. The maximum Gasteiger partial charge on any atom is 0.291 e. The van der Waals surface area contributed by atoms with E-state index < -0.39 is 0 Å². The molecule has 1 aliphatic rings. The molecule has 1 N–H and O–H groups in total. The number of nitrogens with zero attached hydrogens (tertiary/aromatic N) is 1. The summed E-state index contributed by atoms with van der Waals surface area (Å²) < 4.78 is 10.8. The molecule has 1 aliphatic heterocycles. The summed E-state index contributed by atoms with van der Waals surface area (Å²) in [5.41, 5.74) is 2.30. The number of amides is 1. The summed E-state index contributed by atoms with van der Waals surface area (Å²) in [6, 6.07) is 13.9. The standard InChI is InChI=1S/C24H28N2O3S/c1-16-9-11-26(12-10-16)22(18-6-4-7-19(15-18)28-3)20-14-17(2)30-24(20)25-23(27)21-8-5-13-29-21/h4-8,13-16,22H,9-12H2,1-3H3,(H,25,27)/t22-/m0/s1. The Morgan fingerprint density at radius 1 is 1.23 bits per heavy atom. The van der Waals surface area contributed by atoms with Gasteiger partial charge in [0.1, 0.15) is 10.8 Å². The van der Waals surface area contributed by atoms with Crippen LogP contribution in [-0.2, 0) is 0 Å². The topological polar surface area (TPSA) is 54.7 Å². The van der Waals surface area contributed by atoms with Gasteiger partial charge in [0.05, 0.1) is 19.4 Å². The number of nitrogens with one attached hydrogen (secondary N) is 1. The van der Waals surface area contributed by atoms with Crippen LogP contribution in [0.2, 0.25) is 0 Å². The molecule has 3 aromatic rings. The Bertz CT molecular complexity index is 988. The molecule has 6 heteroatoms. The molecule has 5 nitrogen and oxygen atoms in total. The lowest BCUT2D eigenvalue weighted by molar-refractivity contribution is 0.0996. The van der Waals surface area contributed by atoms with Gasteiger partial charge in [-0.3, -0.25) is 9.69 Å². The predicted molar refractivity (Wildman–Crippen MR) is 121 cm³/mol. The van der Waals surface area contributed by atoms with E-state index in [2.05, 4.69) is 42.3 Å². The van der Waals surface area contributed by atoms with Crippen molar-refractivity contribution in [3.8, 4) is 5.75 Å². The van der Waals surface area contributed by atoms with E-state index in [1.54, 1.807) is 30.6 Å². The van der Waals surface area contributed by atoms with E-state index in [9.17, 15) is 4.79 Å². The molecule has 0 spiro atoms. The van der Waals surface area contributed by atoms with Gasteiger partial charge in [-0.25, -0.2) is 0 Å². The first kappa shape index (κ1) is 20.7. The minimum absolute atomic E-state index is 0.0597. The lowest BCUT2D eigenvalue weighted by atomic mass is 9.92. The number of likely N-dealkylation sites (tertiary alicyclic amines) is 1. The number of furan rings is 1. The molecule has 30 heavy (non-hydrogen) atoms. The zero-order valence-corrected chi connectivity index (χ0v) is 18.5. The van der Waals surface area contributed by atoms with Gasteiger partial charge in [0.25, 0.3) is 5.91 Å². The molecule has 1 amide bonds. The van der Waals surface area contributed by atoms with Crippen molar-refractivity contribution in [2.75, 3.05) is 25.5 Å². The molecule has 1 aromatic carbocycles. The maximum absolute atomic E-state index is 12.7. The summed E-state index contributed by atoms with van der Waals surface area (Å²) in [4.78, 5) is 16.4. The van der Waals surface area contributed by atoms with Crippen LogP contribution in [0.5, 0.6) is 5.75 Å². The smallest absolute Gasteiger partial charge is 0.291 e. The van der Waals surface area contributed by atoms with Crippen LogP contribution in [0.4, 0.5) is 5.00 Å². The molecule has 0 radical (unpaired) electrons. The summed E-state index contributed by atoms with van der Waals surface area (Å²) in [5.74, 6) is 1.68. The van der Waals surface area contributed by atoms with Gasteiger partial charge in [0.15, 0.2) is 5.76 Å². The Kier molecular flexibility index (Phi) is 6.25. The molecular formula is C24H28N2O3S. The van der Waals surface area contributed by atoms with Crippen molar-refractivity contribution in [2.45, 2.75) is 32.7 Å². The quantitative estimate of drug-likeness (QED) is 0.549. The highest BCUT2D eigenvalue weighted by Gasteiger charge is 2.30. The van der Waals surface area contributed by atoms with Gasteiger partial charge in [0, 0.05) is 10.4 Å². The van der Waals surface area contributed by atoms with Crippen LogP contribution >= 0.6 is 11.3 Å². The van der Waals surface area contributed by atoms with Crippen molar-refractivity contribution in [1.82, 2.24) is 4.90 Å². The SMILES string of the molecule is COc1cccc([C@@H](c2cc(C)sc2NC(=O)c2ccco2)N2CCC(C)CC2)c1. The number of anilines is 1. The van der Waals surface area contributed by atoms with Gasteiger partial charge in [-0.15, -0.1) is 11.3 Å². The van der Waals surface area contributed by atoms with Crippen LogP contribution in [0.1, 0.15) is 52.4 Å². The Balaban J connectivity index is 1.72. The molecule has 158 valence electrons. The normalized spacial score (nSPS) is 16.4. The largest absolute Gasteiger partial charge is 0.497 e. The van der Waals surface area contributed by atoms with Gasteiger partial charge in [0.2, 0.25) is 0 Å². The number of aryl methyl sites for hydroxylation is 1. The number of ether oxygens (including phenoxy) is 1. The fraction of sp³-hybridized carbons (Fsp3) is 0.375. The van der Waals surface area contributed by atoms with Crippen molar-refractivity contribution in [3.63, 3.8) is 0 Å². The lowest BCUT2D eigenvalue weighted by Gasteiger charge is -2.37. The minimum atomic E-state index is -0.222. The second kappa shape index (κ2) is 9.06. The molecule has 1 saturated heterocycles. The number of carbonyl (C=O) groups excluding carboxylic acids is 1. The van der Waals surface area contributed by atoms with Gasteiger partial charge in [-0.1, -0.05) is 19.1 Å². The van der Waals surface area contributed by atoms with Crippen molar-refractivity contribution in [3.05, 3.63) is 70.5 Å². The first-order chi connectivity index (χ1) is 14.5. The van der Waals surface area contributed by atoms with E-state index in [1.807, 2.05) is 12.1 Å². The Morgan fingerprint density at radius 2 is 2.03 bits per heavy atom. The molecule has 0 saturated carbocycles. The highest BCUT2D eigenvalue weighted by Crippen LogP contribution is 2.41. The number of thiophene rings is 1. The zero-order valence-electron chi connectivity index (χ0n) is 17.7. The highest BCUT2D eigenvalue weighted by atomic mass is 32.1. The Morgan fingerprint density at radius 3 is 2.73 bits per heavy atom. The number of carbonyl (C=O) groups is 1. The van der Waals surface area contributed by atoms with Crippen LogP contribution in [0.15, 0.2) is 53.1 Å². The van der Waals surface area contributed by atoms with Gasteiger partial charge >= 0.3 is 0 Å². The third-order valence-electron chi connectivity index (χ3n) is 5.74. The average Bonchev–Trinajstić information content (AvgIpc) is 3.40. The van der Waals surface area contributed by atoms with Crippen LogP contribution in [-0.4, -0.2) is 31.0 Å². The lowest BCUT2D eigenvalue weighted by Crippen LogP contribution is -2.37. The molecular weight excluding hydrogens is 396 g/mol. The summed E-state index contributed by atoms with van der Waals surface area (Å²) in [5, 5.41) is 3.96. The number of benzene rings is 1. The molecule has 1 atom stereocenters. The van der Waals surface area contributed by atoms with Crippen LogP contribution in [0, 0.1) is 12.8 Å². The minimum Gasteiger partial charge on any atom is -0.497 e. The number of methoxy groups -OCH3 is 1. The van der Waals surface area contributed by atoms with Crippen LogP contribution < -0.4 is 10.1 Å². The van der Waals surface area contributed by atoms with E-state index in [4.69, 9.17) is 9.15 Å². The third kappa shape index (κ3) is 4.45. The van der Waals surface area contributed by atoms with Crippen LogP contribution in [0.3, 0.4) is 0 Å². The fourth-order valence-electron chi connectivity index (χ4n) is 4.09. The number of piperidine rings is 1. The van der Waals surface area contributed by atoms with Gasteiger partial charge in [-0.05, 0) is 74.7 Å². The fourth-order valence-corrected chi connectivity index (χ4v) is 5.03. The Labute approximate surface area is 181 Å². The molecule has 0 unspecified atom stereocenters. The van der Waals surface area contributed by atoms with E-state index in [1.165, 1.54) is 24.7 Å². The number of rotatable bonds is 6. The van der Waals surface area contributed by atoms with Gasteiger partial charge < -0.3 is 14.5 Å². The van der Waals surface area contributed by atoms with E-state index in [0.29, 0.717) is 5.76 Å². The summed E-state index contributed by atoms with van der Waals surface area (Å²) in [6.45, 7) is 6.46. The molecule has 3 heterocycles. The molecule has 2 aromatic heterocycles. The average molecular weight is 425 g/mol. The summed E-state index contributed by atoms with van der Waals surface area (Å²) in [6.07, 6.45) is 3.87. The number of hydrogen-bond acceptors (Lipinski definition) is 5. The maximum atomic E-state index is 12.7. The Hall–Kier alpha value is -2.57. The van der Waals surface area contributed by atoms with Crippen molar-refractivity contribution in [1.29, 1.82) is 0 Å². The predicted octanol–water partition coefficient (Wildman–Crippen LogP) is 5.73. The van der Waals surface area contributed by atoms with E-state index in [-0.39, 0.29) is 11.9 Å². The van der Waals surface area contributed by atoms with Crippen molar-refractivity contribution in [2.24, 2.45) is 5.92 Å². The highest BCUT2D eigenvalue weighted by molar-refractivity contribution is 7.16. The van der Waals surface area contributed by atoms with Gasteiger partial charge in [-0.2, -0.15) is 0 Å². The molecule has 0 bridgehead atoms. The summed E-state index contributed by atoms with van der Waals surface area (Å²) in [7, 11) is 1.69. The number of hydrogen-bond donors (Lipinski definition) is 1. The van der Waals surface area contributed by atoms with E-state index >= 15 is 0 Å². The van der Waals surface area contributed by atoms with Crippen LogP contribution in [0.25, 0.3) is 0 Å². The van der Waals surface area contributed by atoms with Crippen molar-refractivity contribution < 1.29 is 13.9 Å². The molecule has 4 rings (SSSR count). The summed E-state index contributed by atoms with van der Waals surface area (Å²) >= 11 is 1.61. The van der Waals surface area contributed by atoms with Crippen molar-refractivity contribution >= 4 is 22.2 Å². The second-order valence-corrected chi connectivity index (χ2v) is 9.23. The monoisotopic (exact) mass is 424 g/mol.